The summed E-state index contributed by atoms with van der Waals surface area (Å²) in [5.41, 5.74) is 8.60. The lowest BCUT2D eigenvalue weighted by molar-refractivity contribution is 0.488. The minimum Gasteiger partial charge on any atom is -0.456 e. The molecular weight excluding hydrogens is 657 g/mol. The number of ether oxygens (including phenoxy) is 1. The largest absolute Gasteiger partial charge is 0.456 e. The Balaban J connectivity index is 1.09. The van der Waals surface area contributed by atoms with Crippen LogP contribution in [0.1, 0.15) is 0 Å². The van der Waals surface area contributed by atoms with Crippen molar-refractivity contribution in [3.63, 3.8) is 0 Å². The van der Waals surface area contributed by atoms with Gasteiger partial charge in [0, 0.05) is 27.3 Å². The molecule has 1 aliphatic heterocycles. The van der Waals surface area contributed by atoms with Crippen molar-refractivity contribution in [3.05, 3.63) is 170 Å². The summed E-state index contributed by atoms with van der Waals surface area (Å²) in [5.74, 6) is 1.77. The lowest BCUT2D eigenvalue weighted by Gasteiger charge is -2.23. The highest BCUT2D eigenvalue weighted by Gasteiger charge is 2.24. The summed E-state index contributed by atoms with van der Waals surface area (Å²) >= 11 is 0. The molecule has 2 heterocycles. The molecule has 54 heavy (non-hydrogen) atoms. The smallest absolute Gasteiger partial charge is 0.143 e. The Morgan fingerprint density at radius 3 is 1.85 bits per heavy atom. The zero-order chi connectivity index (χ0) is 35.1. The van der Waals surface area contributed by atoms with Gasteiger partial charge in [0.1, 0.15) is 22.7 Å². The summed E-state index contributed by atoms with van der Waals surface area (Å²) in [6.45, 7) is 0. The molecule has 0 atom stereocenters. The number of rotatable bonds is 2. The Morgan fingerprint density at radius 2 is 0.963 bits per heavy atom. The van der Waals surface area contributed by atoms with E-state index in [-0.39, 0.29) is 0 Å². The fraction of sp³-hybridized carbons (Fsp3) is 0. The number of fused-ring (bicyclic) bond motifs is 8. The molecule has 0 aliphatic carbocycles. The van der Waals surface area contributed by atoms with Crippen LogP contribution >= 0.6 is 0 Å². The van der Waals surface area contributed by atoms with E-state index in [2.05, 4.69) is 170 Å². The molecule has 248 valence electrons. The van der Waals surface area contributed by atoms with Gasteiger partial charge in [0.15, 0.2) is 0 Å². The maximum Gasteiger partial charge on any atom is 0.143 e. The van der Waals surface area contributed by atoms with Gasteiger partial charge < -0.3 is 9.15 Å². The molecule has 12 aromatic rings. The zero-order valence-electron chi connectivity index (χ0n) is 29.0. The van der Waals surface area contributed by atoms with E-state index in [0.717, 1.165) is 55.5 Å². The van der Waals surface area contributed by atoms with Crippen LogP contribution in [0.15, 0.2) is 174 Å². The van der Waals surface area contributed by atoms with Gasteiger partial charge in [-0.2, -0.15) is 0 Å². The molecule has 2 nitrogen and oxygen atoms in total. The maximum absolute atomic E-state index is 7.01. The molecule has 11 aromatic carbocycles. The van der Waals surface area contributed by atoms with E-state index in [0.29, 0.717) is 0 Å². The highest BCUT2D eigenvalue weighted by Crippen LogP contribution is 2.51. The summed E-state index contributed by atoms with van der Waals surface area (Å²) in [5, 5.41) is 17.1. The normalized spacial score (nSPS) is 12.6. The quantitative estimate of drug-likeness (QED) is 0.169. The molecule has 0 saturated heterocycles. The Kier molecular flexibility index (Phi) is 5.39. The van der Waals surface area contributed by atoms with Gasteiger partial charge in [0.2, 0.25) is 0 Å². The van der Waals surface area contributed by atoms with Crippen molar-refractivity contribution in [2.45, 2.75) is 0 Å². The standard InChI is InChI=1S/C52H28O2/c1-2-8-33-27-46-44(25-32(33)7-1)51-42(38-20-17-31-16-15-29-10-5-11-30-18-21-41(38)49(31)48(29)30)23-22-37(52(51)54-46)35-19-24-45-43(26-35)40-14-6-13-39-36-12-4-3-9-34(36)28-47(53-45)50(39)40/h1-28H. The number of furan rings is 1. The van der Waals surface area contributed by atoms with E-state index in [1.165, 1.54) is 75.9 Å². The van der Waals surface area contributed by atoms with Gasteiger partial charge in [-0.25, -0.2) is 0 Å². The van der Waals surface area contributed by atoms with E-state index in [1.807, 2.05) is 0 Å². The molecule has 0 unspecified atom stereocenters. The summed E-state index contributed by atoms with van der Waals surface area (Å²) in [6, 6.07) is 61.8. The fourth-order valence-corrected chi connectivity index (χ4v) is 9.53. The molecule has 1 aliphatic rings. The fourth-order valence-electron chi connectivity index (χ4n) is 9.53. The van der Waals surface area contributed by atoms with Crippen molar-refractivity contribution >= 4 is 86.6 Å². The topological polar surface area (TPSA) is 22.4 Å². The average Bonchev–Trinajstić information content (AvgIpc) is 3.60. The summed E-state index contributed by atoms with van der Waals surface area (Å²) in [4.78, 5) is 0. The first-order chi connectivity index (χ1) is 26.7. The van der Waals surface area contributed by atoms with E-state index in [9.17, 15) is 0 Å². The van der Waals surface area contributed by atoms with Crippen molar-refractivity contribution in [1.82, 2.24) is 0 Å². The summed E-state index contributed by atoms with van der Waals surface area (Å²) < 4.78 is 13.7. The summed E-state index contributed by atoms with van der Waals surface area (Å²) in [7, 11) is 0. The first kappa shape index (κ1) is 28.4. The molecule has 0 spiro atoms. The molecule has 13 rings (SSSR count). The maximum atomic E-state index is 7.01. The van der Waals surface area contributed by atoms with Crippen LogP contribution < -0.4 is 4.74 Å². The van der Waals surface area contributed by atoms with Gasteiger partial charge >= 0.3 is 0 Å². The van der Waals surface area contributed by atoms with E-state index in [1.54, 1.807) is 0 Å². The minimum atomic E-state index is 0.867. The van der Waals surface area contributed by atoms with Crippen LogP contribution in [-0.4, -0.2) is 0 Å². The zero-order valence-corrected chi connectivity index (χ0v) is 29.0. The molecule has 0 bridgehead atoms. The van der Waals surface area contributed by atoms with E-state index < -0.39 is 0 Å². The van der Waals surface area contributed by atoms with Crippen molar-refractivity contribution in [3.8, 4) is 44.9 Å². The third kappa shape index (κ3) is 3.74. The number of hydrogen-bond donors (Lipinski definition) is 0. The second kappa shape index (κ2) is 10.2. The van der Waals surface area contributed by atoms with Crippen molar-refractivity contribution < 1.29 is 9.15 Å². The number of benzene rings is 11. The molecule has 1 aromatic heterocycles. The minimum absolute atomic E-state index is 0.867. The molecule has 0 fully saturated rings. The number of hydrogen-bond acceptors (Lipinski definition) is 2. The molecule has 2 heteroatoms. The third-order valence-electron chi connectivity index (χ3n) is 12.0. The Labute approximate surface area is 309 Å². The third-order valence-corrected chi connectivity index (χ3v) is 12.0. The predicted octanol–water partition coefficient (Wildman–Crippen LogP) is 15.0. The van der Waals surface area contributed by atoms with Gasteiger partial charge in [-0.1, -0.05) is 133 Å². The first-order valence-electron chi connectivity index (χ1n) is 18.6. The van der Waals surface area contributed by atoms with Gasteiger partial charge in [-0.3, -0.25) is 0 Å². The average molecular weight is 685 g/mol. The van der Waals surface area contributed by atoms with Gasteiger partial charge in [-0.15, -0.1) is 0 Å². The monoisotopic (exact) mass is 684 g/mol. The molecule has 0 radical (unpaired) electrons. The van der Waals surface area contributed by atoms with E-state index in [4.69, 9.17) is 9.15 Å². The van der Waals surface area contributed by atoms with Crippen LogP contribution in [-0.2, 0) is 0 Å². The van der Waals surface area contributed by atoms with Crippen LogP contribution in [0.4, 0.5) is 0 Å². The van der Waals surface area contributed by atoms with Crippen LogP contribution in [0, 0.1) is 0 Å². The Morgan fingerprint density at radius 1 is 0.296 bits per heavy atom. The molecule has 0 saturated carbocycles. The highest BCUT2D eigenvalue weighted by molar-refractivity contribution is 6.28. The van der Waals surface area contributed by atoms with Crippen molar-refractivity contribution in [2.24, 2.45) is 0 Å². The van der Waals surface area contributed by atoms with Crippen LogP contribution in [0.25, 0.3) is 120 Å². The summed E-state index contributed by atoms with van der Waals surface area (Å²) in [6.07, 6.45) is 0. The van der Waals surface area contributed by atoms with Crippen LogP contribution in [0.2, 0.25) is 0 Å². The van der Waals surface area contributed by atoms with Gasteiger partial charge in [0.25, 0.3) is 0 Å². The molecule has 0 amide bonds. The molecular formula is C52H28O2. The predicted molar refractivity (Wildman–Crippen MR) is 226 cm³/mol. The van der Waals surface area contributed by atoms with Crippen LogP contribution in [0.3, 0.4) is 0 Å². The Hall–Kier alpha value is -7.16. The second-order valence-electron chi connectivity index (χ2n) is 14.8. The second-order valence-corrected chi connectivity index (χ2v) is 14.8. The van der Waals surface area contributed by atoms with Crippen LogP contribution in [0.5, 0.6) is 11.5 Å². The van der Waals surface area contributed by atoms with Gasteiger partial charge in [0.05, 0.1) is 0 Å². The van der Waals surface area contributed by atoms with Crippen molar-refractivity contribution in [1.29, 1.82) is 0 Å². The van der Waals surface area contributed by atoms with Gasteiger partial charge in [-0.05, 0) is 118 Å². The first-order valence-corrected chi connectivity index (χ1v) is 18.6. The molecule has 0 N–H and O–H groups in total. The SMILES string of the molecule is c1ccc2cc3c(cc2c1)oc1c(-c2ccc4c(c2)-c2cccc5c2c(cc2ccccc25)O4)ccc(-c2ccc4ccc5cccc6ccc2c4c56)c13. The Bertz CT molecular complexity index is 3570. The van der Waals surface area contributed by atoms with E-state index >= 15 is 0 Å². The highest BCUT2D eigenvalue weighted by atomic mass is 16.5. The lowest BCUT2D eigenvalue weighted by Crippen LogP contribution is -1.98. The lowest BCUT2D eigenvalue weighted by atomic mass is 9.87. The van der Waals surface area contributed by atoms with Crippen molar-refractivity contribution in [2.75, 3.05) is 0 Å².